The zero-order valence-corrected chi connectivity index (χ0v) is 19.9. The summed E-state index contributed by atoms with van der Waals surface area (Å²) in [6.45, 7) is 6.61. The van der Waals surface area contributed by atoms with Crippen molar-refractivity contribution < 1.29 is 16.8 Å². The Morgan fingerprint density at radius 3 is 1.68 bits per heavy atom. The number of rotatable bonds is 5. The molecule has 2 aromatic carbocycles. The molecule has 0 N–H and O–H groups in total. The molecule has 168 valence electrons. The van der Waals surface area contributed by atoms with Crippen molar-refractivity contribution >= 4 is 20.0 Å². The second-order valence-electron chi connectivity index (χ2n) is 8.64. The standard InChI is InChI=1S/C23H30N2O4S2/c1-4-22-21-13-15-25(31(28,29)20-11-7-18(3)8-12-20)23(21)14-16-24(22)30(26,27)19-9-5-17(2)6-10-19/h5-12,21-23H,4,13-16H2,1-3H3/t21-,22-,23+/m1/s1. The number of sulfonamides is 2. The lowest BCUT2D eigenvalue weighted by atomic mass is 9.85. The molecule has 6 nitrogen and oxygen atoms in total. The van der Waals surface area contributed by atoms with Crippen molar-refractivity contribution in [2.75, 3.05) is 13.1 Å². The number of nitrogens with zero attached hydrogens (tertiary/aromatic N) is 2. The molecule has 2 aliphatic heterocycles. The van der Waals surface area contributed by atoms with Crippen LogP contribution in [0.1, 0.15) is 37.3 Å². The summed E-state index contributed by atoms with van der Waals surface area (Å²) in [7, 11) is -7.23. The van der Waals surface area contributed by atoms with E-state index >= 15 is 0 Å². The van der Waals surface area contributed by atoms with Crippen LogP contribution in [0.5, 0.6) is 0 Å². The molecule has 3 atom stereocenters. The maximum atomic E-state index is 13.4. The first-order chi connectivity index (χ1) is 14.7. The van der Waals surface area contributed by atoms with Crippen LogP contribution in [0, 0.1) is 19.8 Å². The molecule has 2 saturated heterocycles. The first-order valence-electron chi connectivity index (χ1n) is 10.8. The molecule has 0 unspecified atom stereocenters. The first kappa shape index (κ1) is 22.5. The van der Waals surface area contributed by atoms with Gasteiger partial charge in [-0.2, -0.15) is 8.61 Å². The summed E-state index contributed by atoms with van der Waals surface area (Å²) in [5.41, 5.74) is 2.02. The lowest BCUT2D eigenvalue weighted by molar-refractivity contribution is 0.135. The summed E-state index contributed by atoms with van der Waals surface area (Å²) in [5.74, 6) is -0.000744. The molecule has 31 heavy (non-hydrogen) atoms. The average Bonchev–Trinajstić information content (AvgIpc) is 3.19. The highest BCUT2D eigenvalue weighted by atomic mass is 32.2. The number of piperidine rings is 1. The number of hydrogen-bond acceptors (Lipinski definition) is 4. The van der Waals surface area contributed by atoms with Crippen LogP contribution in [0.3, 0.4) is 0 Å². The molecule has 0 amide bonds. The lowest BCUT2D eigenvalue weighted by Gasteiger charge is -2.43. The third-order valence-electron chi connectivity index (χ3n) is 6.73. The third-order valence-corrected chi connectivity index (χ3v) is 10.6. The van der Waals surface area contributed by atoms with Gasteiger partial charge in [0.15, 0.2) is 0 Å². The van der Waals surface area contributed by atoms with E-state index < -0.39 is 20.0 Å². The summed E-state index contributed by atoms with van der Waals surface area (Å²) in [4.78, 5) is 0.610. The molecule has 2 aromatic rings. The topological polar surface area (TPSA) is 74.8 Å². The van der Waals surface area contributed by atoms with Crippen molar-refractivity contribution in [1.82, 2.24) is 8.61 Å². The summed E-state index contributed by atoms with van der Waals surface area (Å²) in [6.07, 6.45) is 1.84. The van der Waals surface area contributed by atoms with E-state index in [4.69, 9.17) is 0 Å². The third kappa shape index (κ3) is 3.95. The zero-order chi connectivity index (χ0) is 22.4. The smallest absolute Gasteiger partial charge is 0.207 e. The van der Waals surface area contributed by atoms with E-state index in [0.29, 0.717) is 42.1 Å². The highest BCUT2D eigenvalue weighted by Crippen LogP contribution is 2.41. The maximum Gasteiger partial charge on any atom is 0.243 e. The molecule has 0 aromatic heterocycles. The monoisotopic (exact) mass is 462 g/mol. The molecule has 0 radical (unpaired) electrons. The molecule has 2 fully saturated rings. The summed E-state index contributed by atoms with van der Waals surface area (Å²) >= 11 is 0. The van der Waals surface area contributed by atoms with Gasteiger partial charge in [-0.25, -0.2) is 16.8 Å². The Labute approximate surface area is 186 Å². The van der Waals surface area contributed by atoms with Crippen LogP contribution in [-0.4, -0.2) is 50.6 Å². The largest absolute Gasteiger partial charge is 0.243 e. The Bertz CT molecular complexity index is 1140. The first-order valence-corrected chi connectivity index (χ1v) is 13.7. The van der Waals surface area contributed by atoms with Crippen LogP contribution in [0.2, 0.25) is 0 Å². The van der Waals surface area contributed by atoms with E-state index in [9.17, 15) is 16.8 Å². The van der Waals surface area contributed by atoms with Gasteiger partial charge in [-0.1, -0.05) is 42.3 Å². The summed E-state index contributed by atoms with van der Waals surface area (Å²) in [6, 6.07) is 13.5. The minimum Gasteiger partial charge on any atom is -0.207 e. The van der Waals surface area contributed by atoms with Gasteiger partial charge < -0.3 is 0 Å². The fourth-order valence-electron chi connectivity index (χ4n) is 5.09. The summed E-state index contributed by atoms with van der Waals surface area (Å²) in [5, 5.41) is 0. The van der Waals surface area contributed by atoms with Crippen LogP contribution in [-0.2, 0) is 20.0 Å². The van der Waals surface area contributed by atoms with Crippen LogP contribution < -0.4 is 0 Å². The highest BCUT2D eigenvalue weighted by Gasteiger charge is 2.50. The van der Waals surface area contributed by atoms with Gasteiger partial charge in [-0.3, -0.25) is 0 Å². The van der Waals surface area contributed by atoms with Gasteiger partial charge in [-0.05, 0) is 63.3 Å². The Hall–Kier alpha value is -1.74. The Kier molecular flexibility index (Phi) is 6.02. The van der Waals surface area contributed by atoms with E-state index in [2.05, 4.69) is 0 Å². The number of hydrogen-bond donors (Lipinski definition) is 0. The number of aryl methyl sites for hydroxylation is 2. The van der Waals surface area contributed by atoms with Gasteiger partial charge in [0.1, 0.15) is 0 Å². The molecule has 2 aliphatic rings. The predicted molar refractivity (Wildman–Crippen MR) is 121 cm³/mol. The van der Waals surface area contributed by atoms with Crippen LogP contribution in [0.15, 0.2) is 58.3 Å². The van der Waals surface area contributed by atoms with E-state index in [1.54, 1.807) is 32.9 Å². The fraction of sp³-hybridized carbons (Fsp3) is 0.478. The van der Waals surface area contributed by atoms with Crippen molar-refractivity contribution in [3.63, 3.8) is 0 Å². The van der Waals surface area contributed by atoms with E-state index in [-0.39, 0.29) is 18.0 Å². The molecule has 0 bridgehead atoms. The highest BCUT2D eigenvalue weighted by molar-refractivity contribution is 7.89. The zero-order valence-electron chi connectivity index (χ0n) is 18.2. The molecule has 2 heterocycles. The van der Waals surface area contributed by atoms with Gasteiger partial charge in [0.05, 0.1) is 9.79 Å². The van der Waals surface area contributed by atoms with E-state index in [1.807, 2.05) is 45.0 Å². The van der Waals surface area contributed by atoms with Crippen molar-refractivity contribution in [2.45, 2.75) is 61.9 Å². The van der Waals surface area contributed by atoms with Crippen molar-refractivity contribution in [1.29, 1.82) is 0 Å². The van der Waals surface area contributed by atoms with Crippen LogP contribution >= 0.6 is 0 Å². The van der Waals surface area contributed by atoms with Gasteiger partial charge >= 0.3 is 0 Å². The minimum atomic E-state index is -3.62. The Morgan fingerprint density at radius 2 is 1.19 bits per heavy atom. The molecule has 8 heteroatoms. The second-order valence-corrected chi connectivity index (χ2v) is 12.4. The predicted octanol–water partition coefficient (Wildman–Crippen LogP) is 3.56. The molecule has 0 saturated carbocycles. The fourth-order valence-corrected chi connectivity index (χ4v) is 8.56. The molecular weight excluding hydrogens is 432 g/mol. The summed E-state index contributed by atoms with van der Waals surface area (Å²) < 4.78 is 56.6. The SMILES string of the molecule is CC[C@@H]1[C@H]2CCN(S(=O)(=O)c3ccc(C)cc3)[C@H]2CCN1S(=O)(=O)c1ccc(C)cc1. The lowest BCUT2D eigenvalue weighted by Crippen LogP contribution is -2.54. The Balaban J connectivity index is 1.61. The van der Waals surface area contributed by atoms with Crippen molar-refractivity contribution in [2.24, 2.45) is 5.92 Å². The number of benzene rings is 2. The molecule has 0 aliphatic carbocycles. The van der Waals surface area contributed by atoms with Gasteiger partial charge in [0.2, 0.25) is 20.0 Å². The number of fused-ring (bicyclic) bond motifs is 1. The minimum absolute atomic E-state index is 0.000744. The van der Waals surface area contributed by atoms with Crippen molar-refractivity contribution in [3.8, 4) is 0 Å². The van der Waals surface area contributed by atoms with Crippen molar-refractivity contribution in [3.05, 3.63) is 59.7 Å². The normalized spacial score (nSPS) is 25.5. The molecule has 0 spiro atoms. The molecule has 4 rings (SSSR count). The van der Waals surface area contributed by atoms with Gasteiger partial charge in [-0.15, -0.1) is 0 Å². The van der Waals surface area contributed by atoms with Crippen LogP contribution in [0.25, 0.3) is 0 Å². The average molecular weight is 463 g/mol. The second kappa shape index (κ2) is 8.31. The van der Waals surface area contributed by atoms with Gasteiger partial charge in [0.25, 0.3) is 0 Å². The van der Waals surface area contributed by atoms with E-state index in [1.165, 1.54) is 0 Å². The van der Waals surface area contributed by atoms with E-state index in [0.717, 1.165) is 11.1 Å². The quantitative estimate of drug-likeness (QED) is 0.681. The molecular formula is C23H30N2O4S2. The van der Waals surface area contributed by atoms with Gasteiger partial charge in [0, 0.05) is 25.2 Å². The maximum absolute atomic E-state index is 13.4. The van der Waals surface area contributed by atoms with Crippen LogP contribution in [0.4, 0.5) is 0 Å². The Morgan fingerprint density at radius 1 is 0.742 bits per heavy atom.